The number of hydrogen-bond acceptors (Lipinski definition) is 9. The number of nitrogens with two attached hydrogens (primary N) is 1. The van der Waals surface area contributed by atoms with Crippen molar-refractivity contribution in [3.05, 3.63) is 29.3 Å². The van der Waals surface area contributed by atoms with Gasteiger partial charge in [-0.25, -0.2) is 4.79 Å². The fourth-order valence-electron chi connectivity index (χ4n) is 3.49. The third-order valence-corrected chi connectivity index (χ3v) is 5.31. The SMILES string of the molecule is NCCCOCCCNC(=O)COc1cccc2c1C(=O)N(C1CCC(=O)NC1=O)C2=O.O=C(O)C(F)(F)F. The molecule has 2 aliphatic heterocycles. The topological polar surface area (TPSA) is 194 Å². The molecule has 1 aromatic carbocycles. The molecule has 1 unspecified atom stereocenters. The Balaban J connectivity index is 0.000000673. The van der Waals surface area contributed by atoms with Crippen LogP contribution < -0.4 is 21.1 Å². The number of nitrogens with one attached hydrogen (secondary N) is 2. The number of benzene rings is 1. The number of imide groups is 2. The van der Waals surface area contributed by atoms with Crippen molar-refractivity contribution in [2.75, 3.05) is 32.9 Å². The van der Waals surface area contributed by atoms with Gasteiger partial charge in [-0.2, -0.15) is 13.2 Å². The first kappa shape index (κ1) is 31.2. The molecule has 0 spiro atoms. The van der Waals surface area contributed by atoms with E-state index in [-0.39, 0.29) is 42.2 Å². The van der Waals surface area contributed by atoms with Crippen LogP contribution in [0.2, 0.25) is 0 Å². The Hall–Kier alpha value is -4.05. The van der Waals surface area contributed by atoms with E-state index in [0.717, 1.165) is 11.3 Å². The molecule has 0 aromatic heterocycles. The molecule has 39 heavy (non-hydrogen) atoms. The molecule has 0 radical (unpaired) electrons. The number of rotatable bonds is 11. The number of alkyl halides is 3. The first-order valence-electron chi connectivity index (χ1n) is 11.7. The van der Waals surface area contributed by atoms with Crippen molar-refractivity contribution in [2.24, 2.45) is 5.73 Å². The number of carboxylic acid groups (broad SMARTS) is 1. The quantitative estimate of drug-likeness (QED) is 0.211. The largest absolute Gasteiger partial charge is 0.490 e. The van der Waals surface area contributed by atoms with Crippen LogP contribution in [0.1, 0.15) is 46.4 Å². The molecule has 5 N–H and O–H groups in total. The fourth-order valence-corrected chi connectivity index (χ4v) is 3.49. The average Bonchev–Trinajstić information content (AvgIpc) is 3.12. The van der Waals surface area contributed by atoms with Crippen molar-refractivity contribution in [1.82, 2.24) is 15.5 Å². The Morgan fingerprint density at radius 3 is 2.41 bits per heavy atom. The minimum absolute atomic E-state index is 0.00306. The number of aliphatic carboxylic acids is 1. The second-order valence-corrected chi connectivity index (χ2v) is 8.18. The first-order valence-corrected chi connectivity index (χ1v) is 11.7. The number of halogens is 3. The van der Waals surface area contributed by atoms with Gasteiger partial charge in [-0.1, -0.05) is 6.07 Å². The number of carbonyl (C=O) groups is 6. The molecule has 1 atom stereocenters. The summed E-state index contributed by atoms with van der Waals surface area (Å²) in [5, 5.41) is 12.0. The van der Waals surface area contributed by atoms with Gasteiger partial charge < -0.3 is 25.6 Å². The second-order valence-electron chi connectivity index (χ2n) is 8.18. The Morgan fingerprint density at radius 2 is 1.79 bits per heavy atom. The minimum atomic E-state index is -5.08. The van der Waals surface area contributed by atoms with Gasteiger partial charge in [0.25, 0.3) is 17.7 Å². The predicted molar refractivity (Wildman–Crippen MR) is 124 cm³/mol. The molecule has 1 saturated heterocycles. The molecule has 0 aliphatic carbocycles. The van der Waals surface area contributed by atoms with Crippen LogP contribution in [-0.4, -0.2) is 90.6 Å². The second kappa shape index (κ2) is 14.2. The smallest absolute Gasteiger partial charge is 0.483 e. The molecule has 3 rings (SSSR count). The molecule has 2 heterocycles. The van der Waals surface area contributed by atoms with Gasteiger partial charge in [-0.05, 0) is 37.9 Å². The van der Waals surface area contributed by atoms with Crippen molar-refractivity contribution in [3.8, 4) is 5.75 Å². The molecular weight excluding hydrogens is 533 g/mol. The molecule has 0 saturated carbocycles. The number of amides is 5. The number of piperidine rings is 1. The van der Waals surface area contributed by atoms with E-state index in [2.05, 4.69) is 10.6 Å². The summed E-state index contributed by atoms with van der Waals surface area (Å²) in [7, 11) is 0. The Labute approximate surface area is 219 Å². The van der Waals surface area contributed by atoms with Gasteiger partial charge in [0.2, 0.25) is 11.8 Å². The molecule has 1 fully saturated rings. The fraction of sp³-hybridized carbons (Fsp3) is 0.478. The lowest BCUT2D eigenvalue weighted by atomic mass is 10.0. The number of fused-ring (bicyclic) bond motifs is 1. The van der Waals surface area contributed by atoms with Crippen molar-refractivity contribution < 1.29 is 56.5 Å². The number of ether oxygens (including phenoxy) is 2. The predicted octanol–water partition coefficient (Wildman–Crippen LogP) is -0.0284. The highest BCUT2D eigenvalue weighted by molar-refractivity contribution is 6.24. The van der Waals surface area contributed by atoms with Gasteiger partial charge in [0.15, 0.2) is 6.61 Å². The summed E-state index contributed by atoms with van der Waals surface area (Å²) in [6.45, 7) is 1.70. The molecular formula is C23H27F3N4O9. The maximum Gasteiger partial charge on any atom is 0.490 e. The lowest BCUT2D eigenvalue weighted by molar-refractivity contribution is -0.192. The van der Waals surface area contributed by atoms with Gasteiger partial charge in [-0.15, -0.1) is 0 Å². The highest BCUT2D eigenvalue weighted by Crippen LogP contribution is 2.33. The number of carbonyl (C=O) groups excluding carboxylic acids is 5. The molecule has 13 nitrogen and oxygen atoms in total. The molecule has 1 aromatic rings. The van der Waals surface area contributed by atoms with Crippen LogP contribution >= 0.6 is 0 Å². The van der Waals surface area contributed by atoms with Crippen molar-refractivity contribution in [3.63, 3.8) is 0 Å². The summed E-state index contributed by atoms with van der Waals surface area (Å²) in [6, 6.07) is 3.41. The number of nitrogens with zero attached hydrogens (tertiary/aromatic N) is 1. The van der Waals surface area contributed by atoms with Gasteiger partial charge in [0.1, 0.15) is 11.8 Å². The third kappa shape index (κ3) is 8.75. The van der Waals surface area contributed by atoms with E-state index in [4.69, 9.17) is 25.1 Å². The van der Waals surface area contributed by atoms with Crippen molar-refractivity contribution >= 4 is 35.5 Å². The van der Waals surface area contributed by atoms with E-state index in [9.17, 15) is 37.1 Å². The summed E-state index contributed by atoms with van der Waals surface area (Å²) >= 11 is 0. The van der Waals surface area contributed by atoms with Crippen LogP contribution in [0.5, 0.6) is 5.75 Å². The Kier molecular flexibility index (Phi) is 11.3. The van der Waals surface area contributed by atoms with E-state index >= 15 is 0 Å². The Morgan fingerprint density at radius 1 is 1.13 bits per heavy atom. The van der Waals surface area contributed by atoms with E-state index in [1.54, 1.807) is 0 Å². The van der Waals surface area contributed by atoms with Crippen LogP contribution in [0, 0.1) is 0 Å². The van der Waals surface area contributed by atoms with E-state index in [1.807, 2.05) is 0 Å². The lowest BCUT2D eigenvalue weighted by Gasteiger charge is -2.27. The summed E-state index contributed by atoms with van der Waals surface area (Å²) in [5.41, 5.74) is 5.47. The van der Waals surface area contributed by atoms with Gasteiger partial charge in [-0.3, -0.25) is 34.2 Å². The average molecular weight is 560 g/mol. The van der Waals surface area contributed by atoms with Gasteiger partial charge >= 0.3 is 12.1 Å². The zero-order valence-electron chi connectivity index (χ0n) is 20.5. The summed E-state index contributed by atoms with van der Waals surface area (Å²) in [5.74, 6) is -5.52. The van der Waals surface area contributed by atoms with Crippen molar-refractivity contribution in [1.29, 1.82) is 0 Å². The molecule has 2 aliphatic rings. The monoisotopic (exact) mass is 560 g/mol. The maximum atomic E-state index is 13.0. The Bertz CT molecular complexity index is 1110. The van der Waals surface area contributed by atoms with Crippen molar-refractivity contribution in [2.45, 2.75) is 37.9 Å². The summed E-state index contributed by atoms with van der Waals surface area (Å²) in [6.07, 6.45) is -3.58. The normalized spacial score (nSPS) is 16.7. The maximum absolute atomic E-state index is 13.0. The number of hydrogen-bond donors (Lipinski definition) is 4. The van der Waals surface area contributed by atoms with E-state index in [0.29, 0.717) is 32.7 Å². The summed E-state index contributed by atoms with van der Waals surface area (Å²) < 4.78 is 42.6. The lowest BCUT2D eigenvalue weighted by Crippen LogP contribution is -2.54. The summed E-state index contributed by atoms with van der Waals surface area (Å²) in [4.78, 5) is 71.1. The van der Waals surface area contributed by atoms with Crippen LogP contribution in [0.3, 0.4) is 0 Å². The zero-order chi connectivity index (χ0) is 29.2. The highest BCUT2D eigenvalue weighted by Gasteiger charge is 2.46. The van der Waals surface area contributed by atoms with Crippen LogP contribution in [0.4, 0.5) is 13.2 Å². The minimum Gasteiger partial charge on any atom is -0.483 e. The molecule has 214 valence electrons. The molecule has 5 amide bonds. The standard InChI is InChI=1S/C21H26N4O7.C2HF3O2/c22-8-2-10-31-11-3-9-23-17(27)12-32-15-5-1-4-13-18(15)21(30)25(20(13)29)14-6-7-16(26)24-19(14)28;3-2(4,5)1(6)7/h1,4-5,14H,2-3,6-12,22H2,(H,23,27)(H,24,26,28);(H,6,7). The first-order chi connectivity index (χ1) is 18.4. The van der Waals surface area contributed by atoms with E-state index in [1.165, 1.54) is 18.2 Å². The molecule has 0 bridgehead atoms. The highest BCUT2D eigenvalue weighted by atomic mass is 19.4. The molecule has 16 heteroatoms. The zero-order valence-corrected chi connectivity index (χ0v) is 20.5. The van der Waals surface area contributed by atoms with Gasteiger partial charge in [0, 0.05) is 26.2 Å². The van der Waals surface area contributed by atoms with Gasteiger partial charge in [0.05, 0.1) is 11.1 Å². The van der Waals surface area contributed by atoms with Crippen LogP contribution in [0.15, 0.2) is 18.2 Å². The van der Waals surface area contributed by atoms with Crippen LogP contribution in [0.25, 0.3) is 0 Å². The number of carboxylic acids is 1. The van der Waals surface area contributed by atoms with Crippen LogP contribution in [-0.2, 0) is 23.9 Å². The van der Waals surface area contributed by atoms with E-state index < -0.39 is 41.8 Å². The third-order valence-electron chi connectivity index (χ3n) is 5.31.